The van der Waals surface area contributed by atoms with Crippen molar-refractivity contribution < 1.29 is 27.4 Å². The Morgan fingerprint density at radius 1 is 1.45 bits per heavy atom. The standard InChI is InChI=1S/C12H9BrF3NO3/c1-2-19-11(18)4-7-3-8(6-17)9(13)5-10(7)20-12(14,15)16/h3,5H,2,4H2,1H3. The topological polar surface area (TPSA) is 59.3 Å². The van der Waals surface area contributed by atoms with E-state index in [2.05, 4.69) is 25.4 Å². The molecular formula is C12H9BrF3NO3. The monoisotopic (exact) mass is 351 g/mol. The van der Waals surface area contributed by atoms with Gasteiger partial charge in [-0.15, -0.1) is 13.2 Å². The van der Waals surface area contributed by atoms with Crippen LogP contribution < -0.4 is 4.74 Å². The van der Waals surface area contributed by atoms with Crippen LogP contribution in [0.25, 0.3) is 0 Å². The quantitative estimate of drug-likeness (QED) is 0.780. The van der Waals surface area contributed by atoms with Crippen LogP contribution in [0.1, 0.15) is 18.1 Å². The molecule has 8 heteroatoms. The molecule has 0 unspecified atom stereocenters. The number of nitriles is 1. The maximum absolute atomic E-state index is 12.3. The Kier molecular flexibility index (Phi) is 5.39. The molecule has 108 valence electrons. The minimum Gasteiger partial charge on any atom is -0.466 e. The maximum Gasteiger partial charge on any atom is 0.573 e. The van der Waals surface area contributed by atoms with Crippen LogP contribution in [0.5, 0.6) is 5.75 Å². The van der Waals surface area contributed by atoms with E-state index in [1.54, 1.807) is 13.0 Å². The van der Waals surface area contributed by atoms with Gasteiger partial charge in [0.25, 0.3) is 0 Å². The third kappa shape index (κ3) is 4.74. The van der Waals surface area contributed by atoms with Gasteiger partial charge in [-0.05, 0) is 35.0 Å². The predicted octanol–water partition coefficient (Wildman–Crippen LogP) is 3.32. The molecule has 0 saturated heterocycles. The third-order valence-electron chi connectivity index (χ3n) is 2.14. The Morgan fingerprint density at radius 3 is 2.60 bits per heavy atom. The molecule has 0 fully saturated rings. The Morgan fingerprint density at radius 2 is 2.10 bits per heavy atom. The first kappa shape index (κ1) is 16.3. The van der Waals surface area contributed by atoms with Gasteiger partial charge in [-0.1, -0.05) is 0 Å². The van der Waals surface area contributed by atoms with Gasteiger partial charge < -0.3 is 9.47 Å². The molecule has 0 spiro atoms. The Labute approximate surface area is 121 Å². The van der Waals surface area contributed by atoms with Crippen LogP contribution in [0, 0.1) is 11.3 Å². The summed E-state index contributed by atoms with van der Waals surface area (Å²) in [6.45, 7) is 1.68. The number of carbonyl (C=O) groups is 1. The van der Waals surface area contributed by atoms with Gasteiger partial charge in [0.1, 0.15) is 11.8 Å². The molecule has 0 atom stereocenters. The summed E-state index contributed by atoms with van der Waals surface area (Å²) in [5.41, 5.74) is 0.0272. The molecule has 1 rings (SSSR count). The van der Waals surface area contributed by atoms with Crippen molar-refractivity contribution in [1.82, 2.24) is 0 Å². The lowest BCUT2D eigenvalue weighted by Gasteiger charge is -2.14. The second kappa shape index (κ2) is 6.61. The summed E-state index contributed by atoms with van der Waals surface area (Å²) in [7, 11) is 0. The van der Waals surface area contributed by atoms with Crippen LogP contribution in [0.2, 0.25) is 0 Å². The number of rotatable bonds is 4. The maximum atomic E-state index is 12.3. The summed E-state index contributed by atoms with van der Waals surface area (Å²) in [6, 6.07) is 3.95. The minimum absolute atomic E-state index is 0.0690. The number of ether oxygens (including phenoxy) is 2. The summed E-state index contributed by atoms with van der Waals surface area (Å²) in [5, 5.41) is 8.84. The molecular weight excluding hydrogens is 343 g/mol. The molecule has 0 saturated carbocycles. The normalized spacial score (nSPS) is 10.8. The number of nitrogens with zero attached hydrogens (tertiary/aromatic N) is 1. The summed E-state index contributed by atoms with van der Waals surface area (Å²) in [4.78, 5) is 11.4. The molecule has 0 aromatic heterocycles. The zero-order chi connectivity index (χ0) is 15.3. The summed E-state index contributed by atoms with van der Waals surface area (Å²) < 4.78 is 45.6. The van der Waals surface area contributed by atoms with Gasteiger partial charge in [-0.3, -0.25) is 4.79 Å². The number of halogens is 4. The number of hydrogen-bond acceptors (Lipinski definition) is 4. The molecule has 0 radical (unpaired) electrons. The lowest BCUT2D eigenvalue weighted by Crippen LogP contribution is -2.19. The highest BCUT2D eigenvalue weighted by Crippen LogP contribution is 2.32. The first-order chi connectivity index (χ1) is 9.26. The molecule has 0 aliphatic rings. The smallest absolute Gasteiger partial charge is 0.466 e. The zero-order valence-corrected chi connectivity index (χ0v) is 11.8. The highest BCUT2D eigenvalue weighted by molar-refractivity contribution is 9.10. The van der Waals surface area contributed by atoms with Gasteiger partial charge in [0.05, 0.1) is 18.6 Å². The van der Waals surface area contributed by atoms with E-state index in [9.17, 15) is 18.0 Å². The Hall–Kier alpha value is -1.75. The molecule has 4 nitrogen and oxygen atoms in total. The van der Waals surface area contributed by atoms with Crippen molar-refractivity contribution in [3.63, 3.8) is 0 Å². The fraction of sp³-hybridized carbons (Fsp3) is 0.333. The van der Waals surface area contributed by atoms with E-state index >= 15 is 0 Å². The minimum atomic E-state index is -4.89. The summed E-state index contributed by atoms with van der Waals surface area (Å²) in [5.74, 6) is -1.25. The molecule has 0 amide bonds. The summed E-state index contributed by atoms with van der Waals surface area (Å²) >= 11 is 2.96. The summed E-state index contributed by atoms with van der Waals surface area (Å²) in [6.07, 6.45) is -5.31. The van der Waals surface area contributed by atoms with Crippen LogP contribution in [-0.4, -0.2) is 18.9 Å². The zero-order valence-electron chi connectivity index (χ0n) is 10.3. The molecule has 0 bridgehead atoms. The predicted molar refractivity (Wildman–Crippen MR) is 65.9 cm³/mol. The van der Waals surface area contributed by atoms with Gasteiger partial charge in [0, 0.05) is 10.0 Å². The number of esters is 1. The van der Waals surface area contributed by atoms with E-state index in [1.165, 1.54) is 0 Å². The van der Waals surface area contributed by atoms with Gasteiger partial charge in [-0.2, -0.15) is 5.26 Å². The number of carbonyl (C=O) groups excluding carboxylic acids is 1. The number of hydrogen-bond donors (Lipinski definition) is 0. The number of benzene rings is 1. The first-order valence-corrected chi connectivity index (χ1v) is 6.20. The van der Waals surface area contributed by atoms with Crippen molar-refractivity contribution in [2.24, 2.45) is 0 Å². The van der Waals surface area contributed by atoms with Gasteiger partial charge in [0.15, 0.2) is 0 Å². The highest BCUT2D eigenvalue weighted by atomic mass is 79.9. The van der Waals surface area contributed by atoms with Crippen LogP contribution in [0.3, 0.4) is 0 Å². The molecule has 0 aliphatic carbocycles. The second-order valence-corrected chi connectivity index (χ2v) is 4.44. The fourth-order valence-electron chi connectivity index (χ4n) is 1.41. The molecule has 0 N–H and O–H groups in total. The van der Waals surface area contributed by atoms with E-state index < -0.39 is 24.5 Å². The lowest BCUT2D eigenvalue weighted by molar-refractivity contribution is -0.275. The third-order valence-corrected chi connectivity index (χ3v) is 2.79. The average Bonchev–Trinajstić information content (AvgIpc) is 2.30. The van der Waals surface area contributed by atoms with E-state index in [4.69, 9.17) is 5.26 Å². The van der Waals surface area contributed by atoms with Crippen molar-refractivity contribution in [2.75, 3.05) is 6.61 Å². The molecule has 1 aromatic carbocycles. The second-order valence-electron chi connectivity index (χ2n) is 3.58. The average molecular weight is 352 g/mol. The van der Waals surface area contributed by atoms with E-state index in [0.29, 0.717) is 0 Å². The van der Waals surface area contributed by atoms with Gasteiger partial charge >= 0.3 is 12.3 Å². The SMILES string of the molecule is CCOC(=O)Cc1cc(C#N)c(Br)cc1OC(F)(F)F. The largest absolute Gasteiger partial charge is 0.573 e. The molecule has 1 aromatic rings. The van der Waals surface area contributed by atoms with Crippen molar-refractivity contribution in [2.45, 2.75) is 19.7 Å². The fourth-order valence-corrected chi connectivity index (χ4v) is 1.82. The van der Waals surface area contributed by atoms with Crippen LogP contribution in [0.4, 0.5) is 13.2 Å². The Bertz CT molecular complexity index is 552. The number of alkyl halides is 3. The molecule has 0 aliphatic heterocycles. The van der Waals surface area contributed by atoms with Gasteiger partial charge in [0.2, 0.25) is 0 Å². The van der Waals surface area contributed by atoms with Crippen molar-refractivity contribution >= 4 is 21.9 Å². The van der Waals surface area contributed by atoms with E-state index in [0.717, 1.165) is 12.1 Å². The first-order valence-electron chi connectivity index (χ1n) is 5.40. The van der Waals surface area contributed by atoms with Crippen molar-refractivity contribution in [3.05, 3.63) is 27.7 Å². The molecule has 20 heavy (non-hydrogen) atoms. The highest BCUT2D eigenvalue weighted by Gasteiger charge is 2.32. The van der Waals surface area contributed by atoms with Gasteiger partial charge in [-0.25, -0.2) is 0 Å². The van der Waals surface area contributed by atoms with Crippen LogP contribution in [0.15, 0.2) is 16.6 Å². The molecule has 0 heterocycles. The van der Waals surface area contributed by atoms with Crippen LogP contribution in [-0.2, 0) is 16.0 Å². The Balaban J connectivity index is 3.16. The van der Waals surface area contributed by atoms with Crippen molar-refractivity contribution in [3.8, 4) is 11.8 Å². The van der Waals surface area contributed by atoms with E-state index in [1.807, 2.05) is 0 Å². The lowest BCUT2D eigenvalue weighted by atomic mass is 10.1. The van der Waals surface area contributed by atoms with Crippen molar-refractivity contribution in [1.29, 1.82) is 5.26 Å². The van der Waals surface area contributed by atoms with Crippen LogP contribution >= 0.6 is 15.9 Å². The van der Waals surface area contributed by atoms with E-state index in [-0.39, 0.29) is 22.2 Å².